The molecular weight excluding hydrogens is 545 g/mol. The van der Waals surface area contributed by atoms with Crippen LogP contribution in [0.25, 0.3) is 26.3 Å². The molecule has 0 spiro atoms. The smallest absolute Gasteiger partial charge is 0.147 e. The molecule has 0 radical (unpaired) electrons. The minimum atomic E-state index is 0. The van der Waals surface area contributed by atoms with E-state index >= 15 is 0 Å². The van der Waals surface area contributed by atoms with Gasteiger partial charge in [0.2, 0.25) is 0 Å². The van der Waals surface area contributed by atoms with Crippen LogP contribution in [0, 0.1) is 6.92 Å². The van der Waals surface area contributed by atoms with Crippen molar-refractivity contribution in [1.82, 2.24) is 16.1 Å². The number of hydrogen-bond donors (Lipinski definition) is 1. The van der Waals surface area contributed by atoms with Gasteiger partial charge in [-0.1, -0.05) is 0 Å². The number of benzene rings is 2. The first-order valence-corrected chi connectivity index (χ1v) is 10.6. The Balaban J connectivity index is 0.00000140. The molecule has 0 aliphatic heterocycles. The van der Waals surface area contributed by atoms with E-state index < -0.39 is 0 Å². The van der Waals surface area contributed by atoms with E-state index in [0.29, 0.717) is 0 Å². The fourth-order valence-corrected chi connectivity index (χ4v) is 5.38. The van der Waals surface area contributed by atoms with Crippen LogP contribution in [0.1, 0.15) is 11.4 Å². The summed E-state index contributed by atoms with van der Waals surface area (Å²) in [6, 6.07) is 18.5. The van der Waals surface area contributed by atoms with Gasteiger partial charge in [-0.2, -0.15) is 0 Å². The maximum Gasteiger partial charge on any atom is -0.147 e. The van der Waals surface area contributed by atoms with E-state index in [4.69, 9.17) is 9.97 Å². The zero-order valence-corrected chi connectivity index (χ0v) is 20.1. The third kappa shape index (κ3) is 4.48. The Labute approximate surface area is 193 Å². The van der Waals surface area contributed by atoms with Crippen molar-refractivity contribution in [1.29, 1.82) is 0 Å². The Morgan fingerprint density at radius 3 is 2.04 bits per heavy atom. The van der Waals surface area contributed by atoms with Crippen molar-refractivity contribution in [2.24, 2.45) is 0 Å². The molecule has 2 aromatic carbocycles. The van der Waals surface area contributed by atoms with Crippen LogP contribution in [0.15, 0.2) is 70.1 Å². The molecule has 0 saturated carbocycles. The fraction of sp³-hybridized carbons (Fsp3) is 0.0476. The van der Waals surface area contributed by atoms with Crippen LogP contribution in [-0.4, -0.2) is 9.97 Å². The van der Waals surface area contributed by atoms with Gasteiger partial charge in [0.15, 0.2) is 0 Å². The number of aryl methyl sites for hydroxylation is 1. The van der Waals surface area contributed by atoms with Crippen LogP contribution in [0.3, 0.4) is 0 Å². The molecule has 0 saturated heterocycles. The quantitative estimate of drug-likeness (QED) is 0.226. The first kappa shape index (κ1) is 23.0. The summed E-state index contributed by atoms with van der Waals surface area (Å²) in [6.07, 6.45) is 0. The van der Waals surface area contributed by atoms with Crippen molar-refractivity contribution in [3.63, 3.8) is 0 Å². The summed E-state index contributed by atoms with van der Waals surface area (Å²) in [6.45, 7) is 6.29. The molecule has 2 heterocycles. The first-order valence-electron chi connectivity index (χ1n) is 7.96. The third-order valence-corrected chi connectivity index (χ3v) is 7.52. The number of rotatable bonds is 3. The van der Waals surface area contributed by atoms with Gasteiger partial charge in [0.1, 0.15) is 0 Å². The molecule has 4 aromatic rings. The molecule has 3 nitrogen and oxygen atoms in total. The van der Waals surface area contributed by atoms with E-state index in [1.165, 1.54) is 4.46 Å². The number of pyridine rings is 2. The largest absolute Gasteiger partial charge is 0.344 e. The summed E-state index contributed by atoms with van der Waals surface area (Å²) in [5.74, 6) is 0. The topological polar surface area (TPSA) is 60.8 Å². The van der Waals surface area contributed by atoms with Gasteiger partial charge >= 0.3 is 176 Å². The van der Waals surface area contributed by atoms with Crippen LogP contribution in [-0.2, 0) is 15.0 Å². The number of halogens is 3. The molecule has 0 fully saturated rings. The van der Waals surface area contributed by atoms with E-state index in [0.717, 1.165) is 61.6 Å². The van der Waals surface area contributed by atoms with Gasteiger partial charge < -0.3 is 6.15 Å². The van der Waals surface area contributed by atoms with Crippen molar-refractivity contribution in [2.45, 2.75) is 6.92 Å². The second-order valence-electron chi connectivity index (χ2n) is 5.86. The predicted molar refractivity (Wildman–Crippen MR) is 125 cm³/mol. The molecule has 0 atom stereocenters. The van der Waals surface area contributed by atoms with Crippen molar-refractivity contribution < 1.29 is 15.0 Å². The summed E-state index contributed by atoms with van der Waals surface area (Å²) in [4.78, 5) is 9.62. The molecule has 28 heavy (non-hydrogen) atoms. The Bertz CT molecular complexity index is 1160. The maximum atomic E-state index is 4.91. The molecule has 146 valence electrons. The molecule has 0 unspecified atom stereocenters. The van der Waals surface area contributed by atoms with Crippen molar-refractivity contribution >= 4 is 75.0 Å². The summed E-state index contributed by atoms with van der Waals surface area (Å²) in [5, 5.41) is 2.20. The second-order valence-corrected chi connectivity index (χ2v) is 9.06. The molecule has 3 N–H and O–H groups in total. The molecule has 0 bridgehead atoms. The maximum absolute atomic E-state index is 4.91. The molecule has 4 rings (SSSR count). The van der Waals surface area contributed by atoms with Crippen molar-refractivity contribution in [2.75, 3.05) is 0 Å². The van der Waals surface area contributed by atoms with Gasteiger partial charge in [-0.05, 0) is 0 Å². The fourth-order valence-electron chi connectivity index (χ4n) is 2.72. The van der Waals surface area contributed by atoms with E-state index in [2.05, 4.69) is 62.7 Å². The summed E-state index contributed by atoms with van der Waals surface area (Å²) < 4.78 is 4.28. The average Bonchev–Trinajstić information content (AvgIpc) is 2.64. The van der Waals surface area contributed by atoms with Gasteiger partial charge in [-0.3, -0.25) is 0 Å². The van der Waals surface area contributed by atoms with E-state index in [-0.39, 0.29) is 18.6 Å². The minimum absolute atomic E-state index is 0. The number of aromatic nitrogens is 2. The SMILES string of the molecule is C=[C]([Fe][c]1c(Br)cccc1Br)c1ccc2ccc3ccc(C)nc3c2n1.Cl.N. The Hall–Kier alpha value is -1.27. The predicted octanol–water partition coefficient (Wildman–Crippen LogP) is 6.58. The van der Waals surface area contributed by atoms with Crippen LogP contribution >= 0.6 is 44.3 Å². The van der Waals surface area contributed by atoms with E-state index in [1.54, 1.807) is 0 Å². The van der Waals surface area contributed by atoms with Crippen molar-refractivity contribution in [3.8, 4) is 0 Å². The van der Waals surface area contributed by atoms with Gasteiger partial charge in [0.05, 0.1) is 0 Å². The first-order chi connectivity index (χ1) is 12.5. The van der Waals surface area contributed by atoms with Gasteiger partial charge in [0.25, 0.3) is 0 Å². The number of nitrogens with zero attached hydrogens (tertiary/aromatic N) is 2. The Kier molecular flexibility index (Phi) is 7.80. The Morgan fingerprint density at radius 1 is 0.857 bits per heavy atom. The van der Waals surface area contributed by atoms with Gasteiger partial charge in [0, 0.05) is 0 Å². The zero-order valence-electron chi connectivity index (χ0n) is 15.0. The standard InChI is InChI=1S/C15H11N2.C6H3Br2.ClH.Fe.H3N/c1-3-13-9-8-12-7-6-11-5-4-10(2)16-14(11)15(12)17-13;7-5-2-1-3-6(8)4-5;;;/h4-9H,1H2,2H3;1-3H;1H;;1H3. The van der Waals surface area contributed by atoms with Crippen molar-refractivity contribution in [3.05, 3.63) is 81.5 Å². The summed E-state index contributed by atoms with van der Waals surface area (Å²) in [5.41, 5.74) is 3.76. The minimum Gasteiger partial charge on any atom is -0.344 e. The molecule has 0 aliphatic carbocycles. The average molecular weight is 564 g/mol. The van der Waals surface area contributed by atoms with Gasteiger partial charge in [-0.25, -0.2) is 0 Å². The van der Waals surface area contributed by atoms with Crippen LogP contribution in [0.2, 0.25) is 0 Å². The molecular formula is C21H18Br2ClFeN3. The normalized spacial score (nSPS) is 10.5. The molecule has 0 amide bonds. The van der Waals surface area contributed by atoms with Crippen LogP contribution in [0.5, 0.6) is 0 Å². The number of hydrogen-bond acceptors (Lipinski definition) is 3. The van der Waals surface area contributed by atoms with E-state index in [1.807, 2.05) is 37.3 Å². The Morgan fingerprint density at radius 2 is 1.39 bits per heavy atom. The molecule has 7 heteroatoms. The zero-order chi connectivity index (χ0) is 18.3. The summed E-state index contributed by atoms with van der Waals surface area (Å²) >= 11 is 7.97. The summed E-state index contributed by atoms with van der Waals surface area (Å²) in [7, 11) is 0. The van der Waals surface area contributed by atoms with E-state index in [9.17, 15) is 0 Å². The second kappa shape index (κ2) is 9.49. The van der Waals surface area contributed by atoms with Crippen LogP contribution < -0.4 is 10.6 Å². The van der Waals surface area contributed by atoms with Crippen LogP contribution in [0.4, 0.5) is 0 Å². The number of fused-ring (bicyclic) bond motifs is 3. The molecule has 0 aliphatic rings. The van der Waals surface area contributed by atoms with Gasteiger partial charge in [-0.15, -0.1) is 12.4 Å². The molecule has 2 aromatic heterocycles. The monoisotopic (exact) mass is 561 g/mol. The third-order valence-electron chi connectivity index (χ3n) is 4.02.